The summed E-state index contributed by atoms with van der Waals surface area (Å²) in [4.78, 5) is 6.70. The van der Waals surface area contributed by atoms with E-state index in [0.717, 1.165) is 38.4 Å². The molecule has 1 aromatic rings. The van der Waals surface area contributed by atoms with Gasteiger partial charge in [-0.25, -0.2) is 0 Å². The maximum Gasteiger partial charge on any atom is 0.422 e. The maximum atomic E-state index is 12.4. The number of aliphatic imine (C=N–C) groups is 1. The molecule has 0 radical (unpaired) electrons. The van der Waals surface area contributed by atoms with Gasteiger partial charge < -0.3 is 24.8 Å². The van der Waals surface area contributed by atoms with Gasteiger partial charge in [-0.1, -0.05) is 19.9 Å². The van der Waals surface area contributed by atoms with E-state index in [1.807, 2.05) is 0 Å². The second kappa shape index (κ2) is 12.0. The molecule has 0 bridgehead atoms. The van der Waals surface area contributed by atoms with Crippen LogP contribution in [-0.4, -0.2) is 76.7 Å². The van der Waals surface area contributed by atoms with E-state index in [1.165, 1.54) is 13.2 Å². The van der Waals surface area contributed by atoms with Crippen LogP contribution in [0.5, 0.6) is 11.5 Å². The number of ether oxygens (including phenoxy) is 3. The van der Waals surface area contributed by atoms with Crippen LogP contribution < -0.4 is 20.1 Å². The first-order valence-corrected chi connectivity index (χ1v) is 10.4. The molecule has 31 heavy (non-hydrogen) atoms. The predicted octanol–water partition coefficient (Wildman–Crippen LogP) is 2.66. The predicted molar refractivity (Wildman–Crippen MR) is 114 cm³/mol. The highest BCUT2D eigenvalue weighted by atomic mass is 19.4. The molecular formula is C21H33F3N4O3. The van der Waals surface area contributed by atoms with Gasteiger partial charge in [0.25, 0.3) is 0 Å². The van der Waals surface area contributed by atoms with Gasteiger partial charge in [-0.05, 0) is 23.6 Å². The van der Waals surface area contributed by atoms with Crippen molar-refractivity contribution in [2.75, 3.05) is 53.6 Å². The summed E-state index contributed by atoms with van der Waals surface area (Å²) >= 11 is 0. The van der Waals surface area contributed by atoms with Crippen LogP contribution in [0.3, 0.4) is 0 Å². The fraction of sp³-hybridized carbons (Fsp3) is 0.667. The van der Waals surface area contributed by atoms with E-state index in [2.05, 4.69) is 34.4 Å². The number of morpholine rings is 1. The minimum absolute atomic E-state index is 0.0522. The van der Waals surface area contributed by atoms with Gasteiger partial charge >= 0.3 is 6.18 Å². The molecule has 1 saturated heterocycles. The van der Waals surface area contributed by atoms with Crippen LogP contribution >= 0.6 is 0 Å². The number of nitrogens with zero attached hydrogens (tertiary/aromatic N) is 2. The third kappa shape index (κ3) is 8.45. The van der Waals surface area contributed by atoms with Crippen LogP contribution in [0, 0.1) is 5.92 Å². The highest BCUT2D eigenvalue weighted by molar-refractivity contribution is 5.79. The van der Waals surface area contributed by atoms with Crippen molar-refractivity contribution < 1.29 is 27.4 Å². The largest absolute Gasteiger partial charge is 0.493 e. The summed E-state index contributed by atoms with van der Waals surface area (Å²) in [6.45, 7) is 7.54. The third-order valence-corrected chi connectivity index (χ3v) is 5.07. The van der Waals surface area contributed by atoms with E-state index >= 15 is 0 Å². The van der Waals surface area contributed by atoms with Crippen molar-refractivity contribution in [2.24, 2.45) is 10.9 Å². The van der Waals surface area contributed by atoms with Crippen LogP contribution in [0.15, 0.2) is 23.2 Å². The van der Waals surface area contributed by atoms with Crippen LogP contribution in [0.25, 0.3) is 0 Å². The Morgan fingerprint density at radius 3 is 2.48 bits per heavy atom. The zero-order valence-electron chi connectivity index (χ0n) is 18.6. The number of methoxy groups -OCH3 is 1. The molecular weight excluding hydrogens is 413 g/mol. The molecule has 1 fully saturated rings. The van der Waals surface area contributed by atoms with Crippen molar-refractivity contribution >= 4 is 5.96 Å². The van der Waals surface area contributed by atoms with Gasteiger partial charge in [0.05, 0.1) is 20.3 Å². The molecule has 0 aromatic heterocycles. The number of nitrogens with one attached hydrogen (secondary N) is 2. The monoisotopic (exact) mass is 446 g/mol. The molecule has 10 heteroatoms. The summed E-state index contributed by atoms with van der Waals surface area (Å²) in [5.74, 6) is 1.42. The first-order chi connectivity index (χ1) is 14.7. The topological polar surface area (TPSA) is 67.4 Å². The minimum atomic E-state index is -4.40. The molecule has 0 saturated carbocycles. The average Bonchev–Trinajstić information content (AvgIpc) is 2.74. The van der Waals surface area contributed by atoms with Crippen molar-refractivity contribution in [1.82, 2.24) is 15.5 Å². The Morgan fingerprint density at radius 2 is 1.90 bits per heavy atom. The van der Waals surface area contributed by atoms with E-state index in [4.69, 9.17) is 14.2 Å². The molecule has 7 nitrogen and oxygen atoms in total. The van der Waals surface area contributed by atoms with E-state index in [9.17, 15) is 13.2 Å². The number of hydrogen-bond donors (Lipinski definition) is 2. The lowest BCUT2D eigenvalue weighted by molar-refractivity contribution is -0.153. The Hall–Kier alpha value is -2.20. The second-order valence-electron chi connectivity index (χ2n) is 7.66. The number of alkyl halides is 3. The molecule has 1 aliphatic heterocycles. The Balaban J connectivity index is 1.91. The quantitative estimate of drug-likeness (QED) is 0.449. The van der Waals surface area contributed by atoms with E-state index in [1.54, 1.807) is 19.2 Å². The van der Waals surface area contributed by atoms with Crippen molar-refractivity contribution in [3.05, 3.63) is 23.8 Å². The SMILES string of the molecule is CN=C(NCc1ccc(OCC(F)(F)F)c(OC)c1)NCC(C(C)C)N1CCOCC1. The summed E-state index contributed by atoms with van der Waals surface area (Å²) in [6, 6.07) is 5.17. The zero-order valence-corrected chi connectivity index (χ0v) is 18.6. The Bertz CT molecular complexity index is 708. The first kappa shape index (κ1) is 25.1. The van der Waals surface area contributed by atoms with E-state index < -0.39 is 12.8 Å². The Kier molecular flexibility index (Phi) is 9.70. The lowest BCUT2D eigenvalue weighted by atomic mass is 10.0. The number of halogens is 3. The Labute approximate surface area is 181 Å². The summed E-state index contributed by atoms with van der Waals surface area (Å²) in [5.41, 5.74) is 0.827. The van der Waals surface area contributed by atoms with Crippen molar-refractivity contribution in [1.29, 1.82) is 0 Å². The van der Waals surface area contributed by atoms with E-state index in [-0.39, 0.29) is 11.5 Å². The van der Waals surface area contributed by atoms with Gasteiger partial charge in [0.2, 0.25) is 0 Å². The van der Waals surface area contributed by atoms with Crippen LogP contribution in [0.2, 0.25) is 0 Å². The number of rotatable bonds is 9. The number of hydrogen-bond acceptors (Lipinski definition) is 5. The van der Waals surface area contributed by atoms with Gasteiger partial charge in [-0.15, -0.1) is 0 Å². The fourth-order valence-electron chi connectivity index (χ4n) is 3.40. The highest BCUT2D eigenvalue weighted by Gasteiger charge is 2.29. The number of benzene rings is 1. The summed E-state index contributed by atoms with van der Waals surface area (Å²) < 4.78 is 52.6. The van der Waals surface area contributed by atoms with Crippen molar-refractivity contribution in [2.45, 2.75) is 32.6 Å². The van der Waals surface area contributed by atoms with E-state index in [0.29, 0.717) is 24.5 Å². The molecule has 176 valence electrons. The van der Waals surface area contributed by atoms with Crippen molar-refractivity contribution in [3.63, 3.8) is 0 Å². The third-order valence-electron chi connectivity index (χ3n) is 5.07. The van der Waals surface area contributed by atoms with Gasteiger partial charge in [0.1, 0.15) is 0 Å². The fourth-order valence-corrected chi connectivity index (χ4v) is 3.40. The molecule has 2 N–H and O–H groups in total. The smallest absolute Gasteiger partial charge is 0.422 e. The highest BCUT2D eigenvalue weighted by Crippen LogP contribution is 2.29. The minimum Gasteiger partial charge on any atom is -0.493 e. The molecule has 0 spiro atoms. The van der Waals surface area contributed by atoms with Gasteiger partial charge in [0, 0.05) is 39.3 Å². The maximum absolute atomic E-state index is 12.4. The molecule has 1 aromatic carbocycles. The van der Waals surface area contributed by atoms with Crippen LogP contribution in [0.1, 0.15) is 19.4 Å². The summed E-state index contributed by atoms with van der Waals surface area (Å²) in [7, 11) is 3.09. The summed E-state index contributed by atoms with van der Waals surface area (Å²) in [6.07, 6.45) is -4.40. The van der Waals surface area contributed by atoms with Gasteiger partial charge in [-0.3, -0.25) is 9.89 Å². The molecule has 1 aliphatic rings. The lowest BCUT2D eigenvalue weighted by Gasteiger charge is -2.37. The average molecular weight is 447 g/mol. The molecule has 1 heterocycles. The molecule has 0 amide bonds. The van der Waals surface area contributed by atoms with Crippen molar-refractivity contribution in [3.8, 4) is 11.5 Å². The lowest BCUT2D eigenvalue weighted by Crippen LogP contribution is -2.52. The standard InChI is InChI=1S/C21H33F3N4O3/c1-15(2)17(28-7-9-30-10-8-28)13-27-20(25-3)26-12-16-5-6-18(19(11-16)29-4)31-14-21(22,23)24/h5-6,11,15,17H,7-10,12-14H2,1-4H3,(H2,25,26,27). The van der Waals surface area contributed by atoms with Gasteiger partial charge in [0.15, 0.2) is 24.1 Å². The van der Waals surface area contributed by atoms with Crippen LogP contribution in [-0.2, 0) is 11.3 Å². The zero-order chi connectivity index (χ0) is 22.9. The molecule has 1 unspecified atom stereocenters. The molecule has 0 aliphatic carbocycles. The normalized spacial score (nSPS) is 16.8. The van der Waals surface area contributed by atoms with Gasteiger partial charge in [-0.2, -0.15) is 13.2 Å². The Morgan fingerprint density at radius 1 is 1.19 bits per heavy atom. The number of guanidine groups is 1. The molecule has 1 atom stereocenters. The molecule has 2 rings (SSSR count). The first-order valence-electron chi connectivity index (χ1n) is 10.4. The summed E-state index contributed by atoms with van der Waals surface area (Å²) in [5, 5.41) is 6.60. The second-order valence-corrected chi connectivity index (χ2v) is 7.66. The van der Waals surface area contributed by atoms with Crippen LogP contribution in [0.4, 0.5) is 13.2 Å².